The minimum atomic E-state index is -0.0418. The molecule has 0 saturated carbocycles. The minimum absolute atomic E-state index is 0.0372. The van der Waals surface area contributed by atoms with Gasteiger partial charge >= 0.3 is 0 Å². The van der Waals surface area contributed by atoms with Gasteiger partial charge in [0.15, 0.2) is 6.61 Å². The number of pyridine rings is 1. The first-order chi connectivity index (χ1) is 10.2. The van der Waals surface area contributed by atoms with E-state index < -0.39 is 0 Å². The third-order valence-corrected chi connectivity index (χ3v) is 3.75. The molecule has 2 rings (SSSR count). The van der Waals surface area contributed by atoms with Crippen molar-refractivity contribution in [1.82, 2.24) is 9.88 Å². The van der Waals surface area contributed by atoms with Gasteiger partial charge in [0.2, 0.25) is 0 Å². The number of hydrogen-bond donors (Lipinski definition) is 0. The summed E-state index contributed by atoms with van der Waals surface area (Å²) in [6, 6.07) is 11.4. The third kappa shape index (κ3) is 4.86. The fourth-order valence-electron chi connectivity index (χ4n) is 1.78. The largest absolute Gasteiger partial charge is 0.483 e. The summed E-state index contributed by atoms with van der Waals surface area (Å²) in [5.41, 5.74) is 1.16. The van der Waals surface area contributed by atoms with Gasteiger partial charge in [0, 0.05) is 26.0 Å². The van der Waals surface area contributed by atoms with Gasteiger partial charge in [0.1, 0.15) is 5.75 Å². The van der Waals surface area contributed by atoms with Crippen molar-refractivity contribution in [2.24, 2.45) is 0 Å². The van der Waals surface area contributed by atoms with E-state index in [9.17, 15) is 4.79 Å². The highest BCUT2D eigenvalue weighted by atomic mass is 79.9. The fourth-order valence-corrected chi connectivity index (χ4v) is 2.18. The zero-order valence-corrected chi connectivity index (χ0v) is 13.4. The lowest BCUT2D eigenvalue weighted by Gasteiger charge is -2.17. The Morgan fingerprint density at radius 1 is 1.24 bits per heavy atom. The molecule has 5 heteroatoms. The molecule has 1 aromatic carbocycles. The highest BCUT2D eigenvalue weighted by molar-refractivity contribution is 9.10. The lowest BCUT2D eigenvalue weighted by Crippen LogP contribution is -2.33. The Kier molecular flexibility index (Phi) is 5.75. The number of ether oxygens (including phenoxy) is 1. The predicted octanol–water partition coefficient (Wildman–Crippen LogP) is 2.92. The van der Waals surface area contributed by atoms with Crippen LogP contribution in [-0.4, -0.2) is 36.0 Å². The Morgan fingerprint density at radius 3 is 2.67 bits per heavy atom. The van der Waals surface area contributed by atoms with Gasteiger partial charge in [-0.05, 0) is 52.2 Å². The van der Waals surface area contributed by atoms with Crippen LogP contribution in [0.2, 0.25) is 0 Å². The van der Waals surface area contributed by atoms with E-state index >= 15 is 0 Å². The number of benzene rings is 1. The summed E-state index contributed by atoms with van der Waals surface area (Å²) in [6.07, 6.45) is 4.32. The maximum absolute atomic E-state index is 12.0. The van der Waals surface area contributed by atoms with Gasteiger partial charge in [-0.25, -0.2) is 0 Å². The van der Waals surface area contributed by atoms with E-state index in [1.54, 1.807) is 24.3 Å². The molecule has 0 spiro atoms. The Balaban J connectivity index is 1.79. The second-order valence-corrected chi connectivity index (χ2v) is 5.49. The normalized spacial score (nSPS) is 10.2. The summed E-state index contributed by atoms with van der Waals surface area (Å²) in [5.74, 6) is 0.633. The molecule has 0 N–H and O–H groups in total. The highest BCUT2D eigenvalue weighted by Crippen LogP contribution is 2.23. The molecule has 110 valence electrons. The van der Waals surface area contributed by atoms with Crippen LogP contribution in [0.5, 0.6) is 5.75 Å². The second kappa shape index (κ2) is 7.78. The first-order valence-electron chi connectivity index (χ1n) is 6.67. The molecule has 0 atom stereocenters. The summed E-state index contributed by atoms with van der Waals surface area (Å²) in [4.78, 5) is 17.7. The zero-order valence-electron chi connectivity index (χ0n) is 11.8. The number of nitrogens with zero attached hydrogens (tertiary/aromatic N) is 2. The average Bonchev–Trinajstić information content (AvgIpc) is 2.52. The molecule has 0 radical (unpaired) electrons. The van der Waals surface area contributed by atoms with Crippen molar-refractivity contribution in [3.05, 3.63) is 58.8 Å². The number of carbonyl (C=O) groups is 1. The smallest absolute Gasteiger partial charge is 0.260 e. The number of rotatable bonds is 6. The number of halogens is 1. The molecule has 1 amide bonds. The summed E-state index contributed by atoms with van der Waals surface area (Å²) >= 11 is 3.39. The SMILES string of the molecule is CN(CCc1ccncc1)C(=O)COc1ccccc1Br. The second-order valence-electron chi connectivity index (χ2n) is 4.64. The summed E-state index contributed by atoms with van der Waals surface area (Å²) < 4.78 is 6.37. The lowest BCUT2D eigenvalue weighted by atomic mass is 10.2. The molecule has 0 aliphatic carbocycles. The van der Waals surface area contributed by atoms with Crippen molar-refractivity contribution in [1.29, 1.82) is 0 Å². The molecule has 4 nitrogen and oxygen atoms in total. The van der Waals surface area contributed by atoms with Gasteiger partial charge in [-0.15, -0.1) is 0 Å². The van der Waals surface area contributed by atoms with E-state index in [1.165, 1.54) is 0 Å². The maximum atomic E-state index is 12.0. The molecule has 0 bridgehead atoms. The van der Waals surface area contributed by atoms with Crippen LogP contribution >= 0.6 is 15.9 Å². The third-order valence-electron chi connectivity index (χ3n) is 3.10. The van der Waals surface area contributed by atoms with Gasteiger partial charge in [-0.2, -0.15) is 0 Å². The molecule has 0 saturated heterocycles. The van der Waals surface area contributed by atoms with E-state index in [4.69, 9.17) is 4.74 Å². The van der Waals surface area contributed by atoms with E-state index in [0.717, 1.165) is 16.5 Å². The van der Waals surface area contributed by atoms with Crippen molar-refractivity contribution in [3.63, 3.8) is 0 Å². The molecule has 0 unspecified atom stereocenters. The average molecular weight is 349 g/mol. The van der Waals surface area contributed by atoms with Crippen molar-refractivity contribution in [2.75, 3.05) is 20.2 Å². The minimum Gasteiger partial charge on any atom is -0.483 e. The van der Waals surface area contributed by atoms with E-state index in [0.29, 0.717) is 12.3 Å². The Morgan fingerprint density at radius 2 is 1.95 bits per heavy atom. The topological polar surface area (TPSA) is 42.4 Å². The maximum Gasteiger partial charge on any atom is 0.260 e. The molecule has 0 aliphatic heterocycles. The van der Waals surface area contributed by atoms with E-state index in [-0.39, 0.29) is 12.5 Å². The van der Waals surface area contributed by atoms with Crippen molar-refractivity contribution in [2.45, 2.75) is 6.42 Å². The molecule has 0 aliphatic rings. The van der Waals surface area contributed by atoms with Crippen LogP contribution in [0.4, 0.5) is 0 Å². The predicted molar refractivity (Wildman–Crippen MR) is 85.2 cm³/mol. The van der Waals surface area contributed by atoms with Crippen LogP contribution in [0, 0.1) is 0 Å². The summed E-state index contributed by atoms with van der Waals surface area (Å²) in [5, 5.41) is 0. The fraction of sp³-hybridized carbons (Fsp3) is 0.250. The zero-order chi connectivity index (χ0) is 15.1. The van der Waals surface area contributed by atoms with Crippen molar-refractivity contribution >= 4 is 21.8 Å². The first kappa shape index (κ1) is 15.5. The Bertz CT molecular complexity index is 590. The number of carbonyl (C=O) groups excluding carboxylic acids is 1. The van der Waals surface area contributed by atoms with Crippen LogP contribution in [0.3, 0.4) is 0 Å². The first-order valence-corrected chi connectivity index (χ1v) is 7.46. The molecule has 1 aromatic heterocycles. The van der Waals surface area contributed by atoms with Crippen molar-refractivity contribution in [3.8, 4) is 5.75 Å². The van der Waals surface area contributed by atoms with Crippen LogP contribution in [0.15, 0.2) is 53.3 Å². The van der Waals surface area contributed by atoms with Gasteiger partial charge in [0.25, 0.3) is 5.91 Å². The molecule has 2 aromatic rings. The number of aromatic nitrogens is 1. The number of hydrogen-bond acceptors (Lipinski definition) is 3. The Labute approximate surface area is 132 Å². The summed E-state index contributed by atoms with van der Waals surface area (Å²) in [6.45, 7) is 0.692. The molecule has 0 fully saturated rings. The van der Waals surface area contributed by atoms with E-state index in [1.807, 2.05) is 36.4 Å². The molecular weight excluding hydrogens is 332 g/mol. The molecule has 21 heavy (non-hydrogen) atoms. The van der Waals surface area contributed by atoms with Crippen LogP contribution in [0.1, 0.15) is 5.56 Å². The number of likely N-dealkylation sites (N-methyl/N-ethyl adjacent to an activating group) is 1. The standard InChI is InChI=1S/C16H17BrN2O2/c1-19(11-8-13-6-9-18-10-7-13)16(20)12-21-15-5-3-2-4-14(15)17/h2-7,9-10H,8,11-12H2,1H3. The van der Waals surface area contributed by atoms with Crippen LogP contribution in [0.25, 0.3) is 0 Å². The molecule has 1 heterocycles. The number of amides is 1. The van der Waals surface area contributed by atoms with Gasteiger partial charge in [-0.1, -0.05) is 12.1 Å². The van der Waals surface area contributed by atoms with Gasteiger partial charge in [-0.3, -0.25) is 9.78 Å². The number of para-hydroxylation sites is 1. The van der Waals surface area contributed by atoms with Gasteiger partial charge in [0.05, 0.1) is 4.47 Å². The van der Waals surface area contributed by atoms with Gasteiger partial charge < -0.3 is 9.64 Å². The summed E-state index contributed by atoms with van der Waals surface area (Å²) in [7, 11) is 1.78. The monoisotopic (exact) mass is 348 g/mol. The molecular formula is C16H17BrN2O2. The van der Waals surface area contributed by atoms with Crippen molar-refractivity contribution < 1.29 is 9.53 Å². The lowest BCUT2D eigenvalue weighted by molar-refractivity contribution is -0.132. The highest BCUT2D eigenvalue weighted by Gasteiger charge is 2.10. The Hall–Kier alpha value is -1.88. The quantitative estimate of drug-likeness (QED) is 0.805. The van der Waals surface area contributed by atoms with Crippen LogP contribution in [-0.2, 0) is 11.2 Å². The van der Waals surface area contributed by atoms with Crippen LogP contribution < -0.4 is 4.74 Å². The van der Waals surface area contributed by atoms with E-state index in [2.05, 4.69) is 20.9 Å².